The Balaban J connectivity index is 0.00000144. The second-order valence-corrected chi connectivity index (χ2v) is 3.08. The molecule has 1 rings (SSSR count). The lowest BCUT2D eigenvalue weighted by Crippen LogP contribution is -1.96. The van der Waals surface area contributed by atoms with E-state index in [0.29, 0.717) is 11.5 Å². The Morgan fingerprint density at radius 1 is 1.23 bits per heavy atom. The van der Waals surface area contributed by atoms with Crippen molar-refractivity contribution >= 4 is 29.0 Å². The molecular weight excluding hydrogens is 176 g/mol. The second kappa shape index (κ2) is 5.24. The lowest BCUT2D eigenvalue weighted by molar-refractivity contribution is 0.0697. The minimum Gasteiger partial charge on any atom is -0.478 e. The predicted octanol–water partition coefficient (Wildman–Crippen LogP) is 1.59. The molecular formula is C10H14MgO2. The highest BCUT2D eigenvalue weighted by molar-refractivity contribution is 5.87. The molecule has 3 heteroatoms. The number of rotatable bonds is 2. The van der Waals surface area contributed by atoms with E-state index in [1.807, 2.05) is 12.1 Å². The van der Waals surface area contributed by atoms with Crippen molar-refractivity contribution < 1.29 is 9.90 Å². The average Bonchev–Trinajstić information content (AvgIpc) is 2.04. The van der Waals surface area contributed by atoms with Gasteiger partial charge in [-0.05, 0) is 23.6 Å². The van der Waals surface area contributed by atoms with E-state index in [4.69, 9.17) is 5.11 Å². The van der Waals surface area contributed by atoms with E-state index >= 15 is 0 Å². The number of hydrogen-bond donors (Lipinski definition) is 1. The standard InChI is InChI=1S/C10H12O2.Mg.2H/c1-7(2)8-3-5-9(6-4-8)10(11)12;;;/h3-7H,1-2H3,(H,11,12);;;. The molecule has 0 amide bonds. The number of carboxylic acid groups (broad SMARTS) is 1. The van der Waals surface area contributed by atoms with Crippen LogP contribution < -0.4 is 0 Å². The molecule has 0 bridgehead atoms. The molecule has 0 aliphatic rings. The second-order valence-electron chi connectivity index (χ2n) is 3.08. The van der Waals surface area contributed by atoms with E-state index in [1.165, 1.54) is 5.56 Å². The van der Waals surface area contributed by atoms with Crippen molar-refractivity contribution in [1.29, 1.82) is 0 Å². The highest BCUT2D eigenvalue weighted by atomic mass is 24.3. The highest BCUT2D eigenvalue weighted by Crippen LogP contribution is 2.14. The fourth-order valence-electron chi connectivity index (χ4n) is 1.01. The van der Waals surface area contributed by atoms with Gasteiger partial charge in [0.25, 0.3) is 0 Å². The van der Waals surface area contributed by atoms with Gasteiger partial charge in [0.1, 0.15) is 0 Å². The van der Waals surface area contributed by atoms with Gasteiger partial charge < -0.3 is 5.11 Å². The quantitative estimate of drug-likeness (QED) is 0.719. The van der Waals surface area contributed by atoms with Gasteiger partial charge in [-0.2, -0.15) is 0 Å². The summed E-state index contributed by atoms with van der Waals surface area (Å²) in [5.74, 6) is -0.418. The third-order valence-corrected chi connectivity index (χ3v) is 1.82. The van der Waals surface area contributed by atoms with Gasteiger partial charge in [-0.3, -0.25) is 0 Å². The van der Waals surface area contributed by atoms with Crippen LogP contribution in [0.4, 0.5) is 0 Å². The zero-order valence-corrected chi connectivity index (χ0v) is 7.24. The summed E-state index contributed by atoms with van der Waals surface area (Å²) in [7, 11) is 0. The Bertz CT molecular complexity index is 277. The maximum absolute atomic E-state index is 10.5. The van der Waals surface area contributed by atoms with Crippen LogP contribution >= 0.6 is 0 Å². The van der Waals surface area contributed by atoms with Crippen LogP contribution in [0.1, 0.15) is 35.7 Å². The molecule has 0 fully saturated rings. The summed E-state index contributed by atoms with van der Waals surface area (Å²) in [6.45, 7) is 4.16. The molecule has 1 aromatic carbocycles. The third-order valence-electron chi connectivity index (χ3n) is 1.82. The van der Waals surface area contributed by atoms with Crippen molar-refractivity contribution in [3.8, 4) is 0 Å². The van der Waals surface area contributed by atoms with E-state index < -0.39 is 5.97 Å². The Morgan fingerprint density at radius 3 is 2.00 bits per heavy atom. The van der Waals surface area contributed by atoms with Crippen molar-refractivity contribution in [3.05, 3.63) is 35.4 Å². The zero-order valence-electron chi connectivity index (χ0n) is 7.24. The van der Waals surface area contributed by atoms with Gasteiger partial charge in [0.2, 0.25) is 0 Å². The van der Waals surface area contributed by atoms with Crippen molar-refractivity contribution in [2.24, 2.45) is 0 Å². The topological polar surface area (TPSA) is 37.3 Å². The van der Waals surface area contributed by atoms with Gasteiger partial charge in [0, 0.05) is 0 Å². The molecule has 68 valence electrons. The van der Waals surface area contributed by atoms with Crippen molar-refractivity contribution in [3.63, 3.8) is 0 Å². The third kappa shape index (κ3) is 3.36. The summed E-state index contributed by atoms with van der Waals surface area (Å²) in [6, 6.07) is 6.98. The predicted molar refractivity (Wildman–Crippen MR) is 56.0 cm³/mol. The Kier molecular flexibility index (Phi) is 5.02. The maximum atomic E-state index is 10.5. The molecule has 0 radical (unpaired) electrons. The first kappa shape index (κ1) is 12.5. The molecule has 13 heavy (non-hydrogen) atoms. The lowest BCUT2D eigenvalue weighted by atomic mass is 10.0. The SMILES string of the molecule is CC(C)c1ccc(C(=O)O)cc1.[MgH2]. The summed E-state index contributed by atoms with van der Waals surface area (Å²) in [5, 5.41) is 8.61. The van der Waals surface area contributed by atoms with Crippen LogP contribution in [0, 0.1) is 0 Å². The summed E-state index contributed by atoms with van der Waals surface area (Å²) in [5.41, 5.74) is 1.51. The average molecular weight is 191 g/mol. The maximum Gasteiger partial charge on any atom is 0.335 e. The number of carbonyl (C=O) groups is 1. The Morgan fingerprint density at radius 2 is 1.69 bits per heavy atom. The summed E-state index contributed by atoms with van der Waals surface area (Å²) in [6.07, 6.45) is 0. The van der Waals surface area contributed by atoms with Crippen molar-refractivity contribution in [2.75, 3.05) is 0 Å². The van der Waals surface area contributed by atoms with Gasteiger partial charge >= 0.3 is 29.0 Å². The van der Waals surface area contributed by atoms with Gasteiger partial charge in [-0.25, -0.2) is 4.79 Å². The van der Waals surface area contributed by atoms with Gasteiger partial charge in [-0.1, -0.05) is 26.0 Å². The first-order valence-corrected chi connectivity index (χ1v) is 3.94. The molecule has 0 aliphatic carbocycles. The van der Waals surface area contributed by atoms with E-state index in [-0.39, 0.29) is 23.1 Å². The molecule has 1 N–H and O–H groups in total. The van der Waals surface area contributed by atoms with E-state index in [1.54, 1.807) is 12.1 Å². The number of carboxylic acids is 1. The largest absolute Gasteiger partial charge is 0.478 e. The van der Waals surface area contributed by atoms with Gasteiger partial charge in [0.15, 0.2) is 0 Å². The molecule has 0 saturated heterocycles. The monoisotopic (exact) mass is 190 g/mol. The molecule has 0 unspecified atom stereocenters. The fourth-order valence-corrected chi connectivity index (χ4v) is 1.01. The van der Waals surface area contributed by atoms with Crippen LogP contribution in [-0.2, 0) is 0 Å². The fraction of sp³-hybridized carbons (Fsp3) is 0.300. The normalized spacial score (nSPS) is 9.46. The molecule has 0 saturated carbocycles. The van der Waals surface area contributed by atoms with E-state index in [9.17, 15) is 4.79 Å². The molecule has 0 aliphatic heterocycles. The molecule has 0 heterocycles. The van der Waals surface area contributed by atoms with E-state index in [2.05, 4.69) is 13.8 Å². The zero-order chi connectivity index (χ0) is 9.14. The smallest absolute Gasteiger partial charge is 0.335 e. The number of benzene rings is 1. The van der Waals surface area contributed by atoms with Crippen LogP contribution in [0.3, 0.4) is 0 Å². The van der Waals surface area contributed by atoms with Crippen molar-refractivity contribution in [2.45, 2.75) is 19.8 Å². The van der Waals surface area contributed by atoms with Crippen LogP contribution in [-0.4, -0.2) is 34.1 Å². The minimum atomic E-state index is -0.870. The van der Waals surface area contributed by atoms with Gasteiger partial charge in [-0.15, -0.1) is 0 Å². The first-order valence-electron chi connectivity index (χ1n) is 3.94. The summed E-state index contributed by atoms with van der Waals surface area (Å²) >= 11 is 0. The summed E-state index contributed by atoms with van der Waals surface area (Å²) in [4.78, 5) is 10.5. The summed E-state index contributed by atoms with van der Waals surface area (Å²) < 4.78 is 0. The molecule has 0 spiro atoms. The van der Waals surface area contributed by atoms with Crippen LogP contribution in [0.2, 0.25) is 0 Å². The van der Waals surface area contributed by atoms with Crippen LogP contribution in [0.15, 0.2) is 24.3 Å². The Hall–Kier alpha value is -0.544. The molecule has 0 aromatic heterocycles. The van der Waals surface area contributed by atoms with E-state index in [0.717, 1.165) is 0 Å². The molecule has 2 nitrogen and oxygen atoms in total. The highest BCUT2D eigenvalue weighted by Gasteiger charge is 2.02. The molecule has 0 atom stereocenters. The Labute approximate surface area is 94.1 Å². The van der Waals surface area contributed by atoms with Crippen LogP contribution in [0.5, 0.6) is 0 Å². The lowest BCUT2D eigenvalue weighted by Gasteiger charge is -2.04. The molecule has 1 aromatic rings. The van der Waals surface area contributed by atoms with Gasteiger partial charge in [0.05, 0.1) is 5.56 Å². The first-order chi connectivity index (χ1) is 5.61. The van der Waals surface area contributed by atoms with Crippen molar-refractivity contribution in [1.82, 2.24) is 0 Å². The van der Waals surface area contributed by atoms with Crippen LogP contribution in [0.25, 0.3) is 0 Å². The number of hydrogen-bond acceptors (Lipinski definition) is 1. The minimum absolute atomic E-state index is 0. The number of aromatic carboxylic acids is 1.